The number of carbonyl (C=O) groups excluding carboxylic acids is 1. The Labute approximate surface area is 60.6 Å². The van der Waals surface area contributed by atoms with Gasteiger partial charge < -0.3 is 5.11 Å². The standard InChI is InChI=1S/C8H12O2/c1-4-5(2)7(9)8(10)6(4)3/h4-5,10H,1-3H3. The molecule has 2 heteroatoms. The minimum Gasteiger partial charge on any atom is -0.504 e. The van der Waals surface area contributed by atoms with Crippen LogP contribution in [0.3, 0.4) is 0 Å². The molecule has 0 aromatic carbocycles. The average Bonchev–Trinajstić information content (AvgIpc) is 2.07. The van der Waals surface area contributed by atoms with E-state index < -0.39 is 0 Å². The lowest BCUT2D eigenvalue weighted by molar-refractivity contribution is -0.120. The van der Waals surface area contributed by atoms with Gasteiger partial charge in [0.05, 0.1) is 0 Å². The maximum atomic E-state index is 11.0. The van der Waals surface area contributed by atoms with Gasteiger partial charge in [-0.1, -0.05) is 13.8 Å². The van der Waals surface area contributed by atoms with Gasteiger partial charge in [-0.3, -0.25) is 4.79 Å². The second-order valence-corrected chi connectivity index (χ2v) is 2.97. The van der Waals surface area contributed by atoms with Gasteiger partial charge in [0, 0.05) is 5.92 Å². The monoisotopic (exact) mass is 140 g/mol. The molecule has 0 saturated carbocycles. The van der Waals surface area contributed by atoms with E-state index in [0.29, 0.717) is 0 Å². The number of ketones is 1. The van der Waals surface area contributed by atoms with E-state index in [2.05, 4.69) is 0 Å². The smallest absolute Gasteiger partial charge is 0.200 e. The van der Waals surface area contributed by atoms with Crippen LogP contribution in [0.1, 0.15) is 20.8 Å². The van der Waals surface area contributed by atoms with Crippen molar-refractivity contribution in [2.24, 2.45) is 11.8 Å². The van der Waals surface area contributed by atoms with Crippen molar-refractivity contribution in [1.29, 1.82) is 0 Å². The van der Waals surface area contributed by atoms with Crippen molar-refractivity contribution >= 4 is 5.78 Å². The van der Waals surface area contributed by atoms with Crippen LogP contribution >= 0.6 is 0 Å². The predicted octanol–water partition coefficient (Wildman–Crippen LogP) is 1.67. The molecule has 2 atom stereocenters. The molecule has 2 nitrogen and oxygen atoms in total. The maximum absolute atomic E-state index is 11.0. The lowest BCUT2D eigenvalue weighted by Gasteiger charge is -2.07. The highest BCUT2D eigenvalue weighted by atomic mass is 16.3. The fourth-order valence-electron chi connectivity index (χ4n) is 1.23. The maximum Gasteiger partial charge on any atom is 0.200 e. The van der Waals surface area contributed by atoms with E-state index in [1.165, 1.54) is 0 Å². The summed E-state index contributed by atoms with van der Waals surface area (Å²) in [5.41, 5.74) is 0.831. The highest BCUT2D eigenvalue weighted by Crippen LogP contribution is 2.31. The third-order valence-electron chi connectivity index (χ3n) is 2.45. The lowest BCUT2D eigenvalue weighted by Crippen LogP contribution is -2.10. The summed E-state index contributed by atoms with van der Waals surface area (Å²) in [6.07, 6.45) is 0. The van der Waals surface area contributed by atoms with Crippen molar-refractivity contribution in [2.75, 3.05) is 0 Å². The molecule has 10 heavy (non-hydrogen) atoms. The van der Waals surface area contributed by atoms with E-state index in [4.69, 9.17) is 5.11 Å². The number of Topliss-reactive ketones (excluding diaryl/α,β-unsaturated/α-hetero) is 1. The van der Waals surface area contributed by atoms with E-state index in [1.807, 2.05) is 13.8 Å². The summed E-state index contributed by atoms with van der Waals surface area (Å²) in [4.78, 5) is 11.0. The summed E-state index contributed by atoms with van der Waals surface area (Å²) in [6, 6.07) is 0. The average molecular weight is 140 g/mol. The summed E-state index contributed by atoms with van der Waals surface area (Å²) in [5.74, 6) is 0.0671. The van der Waals surface area contributed by atoms with E-state index in [-0.39, 0.29) is 23.4 Å². The highest BCUT2D eigenvalue weighted by Gasteiger charge is 2.33. The fourth-order valence-corrected chi connectivity index (χ4v) is 1.23. The molecule has 0 aromatic heterocycles. The molecule has 56 valence electrons. The molecular formula is C8H12O2. The van der Waals surface area contributed by atoms with E-state index in [0.717, 1.165) is 5.57 Å². The first-order chi connectivity index (χ1) is 4.55. The summed E-state index contributed by atoms with van der Waals surface area (Å²) in [5, 5.41) is 9.14. The summed E-state index contributed by atoms with van der Waals surface area (Å²) < 4.78 is 0. The quantitative estimate of drug-likeness (QED) is 0.555. The van der Waals surface area contributed by atoms with E-state index in [1.54, 1.807) is 6.92 Å². The van der Waals surface area contributed by atoms with Gasteiger partial charge in [0.1, 0.15) is 0 Å². The number of rotatable bonds is 0. The van der Waals surface area contributed by atoms with Crippen LogP contribution in [0.15, 0.2) is 11.3 Å². The van der Waals surface area contributed by atoms with Crippen molar-refractivity contribution in [3.05, 3.63) is 11.3 Å². The zero-order valence-electron chi connectivity index (χ0n) is 6.51. The molecule has 0 spiro atoms. The molecule has 0 radical (unpaired) electrons. The molecule has 0 amide bonds. The molecule has 1 rings (SSSR count). The molecule has 0 fully saturated rings. The fraction of sp³-hybridized carbons (Fsp3) is 0.625. The van der Waals surface area contributed by atoms with Gasteiger partial charge in [-0.2, -0.15) is 0 Å². The van der Waals surface area contributed by atoms with Crippen LogP contribution in [0.4, 0.5) is 0 Å². The van der Waals surface area contributed by atoms with Crippen LogP contribution in [0.25, 0.3) is 0 Å². The van der Waals surface area contributed by atoms with Gasteiger partial charge in [-0.25, -0.2) is 0 Å². The molecule has 1 aliphatic carbocycles. The summed E-state index contributed by atoms with van der Waals surface area (Å²) in [7, 11) is 0. The number of aliphatic hydroxyl groups excluding tert-OH is 1. The topological polar surface area (TPSA) is 37.3 Å². The van der Waals surface area contributed by atoms with Crippen LogP contribution in [0.2, 0.25) is 0 Å². The molecule has 1 aliphatic rings. The predicted molar refractivity (Wildman–Crippen MR) is 38.7 cm³/mol. The Morgan fingerprint density at radius 1 is 1.30 bits per heavy atom. The van der Waals surface area contributed by atoms with Crippen molar-refractivity contribution in [3.63, 3.8) is 0 Å². The van der Waals surface area contributed by atoms with Gasteiger partial charge >= 0.3 is 0 Å². The molecule has 2 unspecified atom stereocenters. The van der Waals surface area contributed by atoms with Crippen LogP contribution in [-0.2, 0) is 4.79 Å². The Hall–Kier alpha value is -0.790. The largest absolute Gasteiger partial charge is 0.504 e. The Balaban J connectivity index is 2.99. The van der Waals surface area contributed by atoms with Crippen LogP contribution in [0.5, 0.6) is 0 Å². The van der Waals surface area contributed by atoms with E-state index in [9.17, 15) is 4.79 Å². The molecule has 0 heterocycles. The Bertz CT molecular complexity index is 203. The zero-order valence-corrected chi connectivity index (χ0v) is 6.51. The van der Waals surface area contributed by atoms with Crippen molar-refractivity contribution in [2.45, 2.75) is 20.8 Å². The Kier molecular flexibility index (Phi) is 1.55. The van der Waals surface area contributed by atoms with Crippen molar-refractivity contribution in [3.8, 4) is 0 Å². The first-order valence-corrected chi connectivity index (χ1v) is 3.49. The minimum absolute atomic E-state index is 0.0139. The normalized spacial score (nSPS) is 33.7. The van der Waals surface area contributed by atoms with Crippen molar-refractivity contribution in [1.82, 2.24) is 0 Å². The number of aliphatic hydroxyl groups is 1. The first kappa shape index (κ1) is 7.32. The summed E-state index contributed by atoms with van der Waals surface area (Å²) in [6.45, 7) is 5.61. The number of hydrogen-bond acceptors (Lipinski definition) is 2. The van der Waals surface area contributed by atoms with Gasteiger partial charge in [0.2, 0.25) is 0 Å². The number of hydrogen-bond donors (Lipinski definition) is 1. The Morgan fingerprint density at radius 2 is 1.80 bits per heavy atom. The summed E-state index contributed by atoms with van der Waals surface area (Å²) >= 11 is 0. The van der Waals surface area contributed by atoms with Crippen LogP contribution < -0.4 is 0 Å². The van der Waals surface area contributed by atoms with E-state index >= 15 is 0 Å². The molecule has 0 saturated heterocycles. The third-order valence-corrected chi connectivity index (χ3v) is 2.45. The van der Waals surface area contributed by atoms with Gasteiger partial charge in [0.25, 0.3) is 0 Å². The third kappa shape index (κ3) is 0.753. The molecule has 0 aliphatic heterocycles. The number of carbonyl (C=O) groups is 1. The Morgan fingerprint density at radius 3 is 1.90 bits per heavy atom. The second-order valence-electron chi connectivity index (χ2n) is 2.97. The van der Waals surface area contributed by atoms with Gasteiger partial charge in [0.15, 0.2) is 11.5 Å². The van der Waals surface area contributed by atoms with Gasteiger partial charge in [-0.05, 0) is 18.4 Å². The highest BCUT2D eigenvalue weighted by molar-refractivity contribution is 5.98. The first-order valence-electron chi connectivity index (χ1n) is 3.49. The number of allylic oxidation sites excluding steroid dienone is 2. The van der Waals surface area contributed by atoms with Crippen molar-refractivity contribution < 1.29 is 9.90 Å². The molecule has 0 aromatic rings. The van der Waals surface area contributed by atoms with Crippen LogP contribution in [0, 0.1) is 11.8 Å². The zero-order chi connectivity index (χ0) is 7.89. The SMILES string of the molecule is CC1=C(O)C(=O)C(C)C1C. The van der Waals surface area contributed by atoms with Crippen LogP contribution in [-0.4, -0.2) is 10.9 Å². The van der Waals surface area contributed by atoms with Gasteiger partial charge in [-0.15, -0.1) is 0 Å². The second kappa shape index (κ2) is 2.11. The molecule has 1 N–H and O–H groups in total. The lowest BCUT2D eigenvalue weighted by atomic mass is 9.95. The minimum atomic E-state index is -0.106. The molecular weight excluding hydrogens is 128 g/mol. The molecule has 0 bridgehead atoms.